The molecule has 1 amide bonds. The standard InChI is InChI=1S/C15H14N4O2S/c1-9-4-6-12(7-5-9)14-17-19(11(3)21)13-15(22-14)18(8-16-13)10(2)20/h4-8H,1-3H3. The number of hydrazone groups is 1. The van der Waals surface area contributed by atoms with Crippen molar-refractivity contribution >= 4 is 34.4 Å². The first kappa shape index (κ1) is 14.5. The van der Waals surface area contributed by atoms with Crippen LogP contribution in [0.4, 0.5) is 5.82 Å². The third-order valence-corrected chi connectivity index (χ3v) is 4.31. The molecule has 1 aliphatic heterocycles. The summed E-state index contributed by atoms with van der Waals surface area (Å²) in [4.78, 5) is 27.7. The number of fused-ring (bicyclic) bond motifs is 1. The van der Waals surface area contributed by atoms with Gasteiger partial charge in [0.1, 0.15) is 16.4 Å². The summed E-state index contributed by atoms with van der Waals surface area (Å²) < 4.78 is 1.43. The molecule has 6 nitrogen and oxygen atoms in total. The quantitative estimate of drug-likeness (QED) is 0.811. The minimum atomic E-state index is -0.250. The highest BCUT2D eigenvalue weighted by Gasteiger charge is 2.29. The van der Waals surface area contributed by atoms with Gasteiger partial charge in [-0.05, 0) is 18.7 Å². The Labute approximate surface area is 131 Å². The zero-order chi connectivity index (χ0) is 15.9. The Kier molecular flexibility index (Phi) is 3.58. The molecular formula is C15H14N4O2S. The molecular weight excluding hydrogens is 300 g/mol. The van der Waals surface area contributed by atoms with Crippen molar-refractivity contribution in [3.63, 3.8) is 0 Å². The molecule has 112 valence electrons. The lowest BCUT2D eigenvalue weighted by Gasteiger charge is -2.21. The van der Waals surface area contributed by atoms with E-state index in [4.69, 9.17) is 0 Å². The maximum atomic E-state index is 11.8. The summed E-state index contributed by atoms with van der Waals surface area (Å²) >= 11 is 1.33. The average molecular weight is 314 g/mol. The van der Waals surface area contributed by atoms with E-state index in [1.54, 1.807) is 0 Å². The predicted octanol–water partition coefficient (Wildman–Crippen LogP) is 2.67. The van der Waals surface area contributed by atoms with Crippen LogP contribution in [-0.4, -0.2) is 26.4 Å². The zero-order valence-electron chi connectivity index (χ0n) is 12.4. The Morgan fingerprint density at radius 2 is 1.77 bits per heavy atom. The van der Waals surface area contributed by atoms with Crippen LogP contribution < -0.4 is 5.01 Å². The van der Waals surface area contributed by atoms with Crippen LogP contribution in [-0.2, 0) is 4.79 Å². The number of nitrogens with zero attached hydrogens (tertiary/aromatic N) is 4. The van der Waals surface area contributed by atoms with Gasteiger partial charge in [-0.3, -0.25) is 14.2 Å². The van der Waals surface area contributed by atoms with E-state index in [0.29, 0.717) is 15.9 Å². The first-order valence-corrected chi connectivity index (χ1v) is 7.51. The SMILES string of the molecule is CC(=O)N1N=C(c2ccc(C)cc2)Sc2c1ncn2C(C)=O. The second-order valence-electron chi connectivity index (χ2n) is 4.97. The number of imidazole rings is 1. The first-order valence-electron chi connectivity index (χ1n) is 6.70. The maximum Gasteiger partial charge on any atom is 0.245 e. The number of hydrogen-bond acceptors (Lipinski definition) is 5. The summed E-state index contributed by atoms with van der Waals surface area (Å²) in [7, 11) is 0. The molecule has 0 saturated carbocycles. The fourth-order valence-electron chi connectivity index (χ4n) is 2.07. The van der Waals surface area contributed by atoms with Crippen LogP contribution in [0.2, 0.25) is 0 Å². The molecule has 0 spiro atoms. The van der Waals surface area contributed by atoms with Crippen LogP contribution in [0.15, 0.2) is 40.7 Å². The third-order valence-electron chi connectivity index (χ3n) is 3.23. The fourth-order valence-corrected chi connectivity index (χ4v) is 3.14. The number of rotatable bonds is 1. The highest BCUT2D eigenvalue weighted by molar-refractivity contribution is 8.14. The molecule has 0 aliphatic carbocycles. The van der Waals surface area contributed by atoms with Crippen LogP contribution in [0.25, 0.3) is 0 Å². The molecule has 1 aromatic carbocycles. The van der Waals surface area contributed by atoms with Crippen LogP contribution in [0.1, 0.15) is 29.8 Å². The summed E-state index contributed by atoms with van der Waals surface area (Å²) in [5.74, 6) is -0.0153. The monoisotopic (exact) mass is 314 g/mol. The maximum absolute atomic E-state index is 11.8. The van der Waals surface area contributed by atoms with Gasteiger partial charge in [0.15, 0.2) is 5.82 Å². The van der Waals surface area contributed by atoms with Crippen molar-refractivity contribution in [3.05, 3.63) is 41.7 Å². The predicted molar refractivity (Wildman–Crippen MR) is 85.3 cm³/mol. The van der Waals surface area contributed by atoms with Gasteiger partial charge < -0.3 is 0 Å². The molecule has 0 unspecified atom stereocenters. The topological polar surface area (TPSA) is 67.6 Å². The first-order chi connectivity index (χ1) is 10.5. The summed E-state index contributed by atoms with van der Waals surface area (Å²) in [6, 6.07) is 7.85. The van der Waals surface area contributed by atoms with E-state index >= 15 is 0 Å². The van der Waals surface area contributed by atoms with E-state index in [0.717, 1.165) is 11.1 Å². The Bertz CT molecular complexity index is 792. The van der Waals surface area contributed by atoms with Crippen LogP contribution >= 0.6 is 11.8 Å². The van der Waals surface area contributed by atoms with E-state index in [2.05, 4.69) is 10.1 Å². The number of anilines is 1. The van der Waals surface area contributed by atoms with E-state index in [9.17, 15) is 9.59 Å². The van der Waals surface area contributed by atoms with Crippen molar-refractivity contribution < 1.29 is 9.59 Å². The second-order valence-corrected chi connectivity index (χ2v) is 5.94. The third kappa shape index (κ3) is 2.43. The highest BCUT2D eigenvalue weighted by Crippen LogP contribution is 2.37. The van der Waals surface area contributed by atoms with Crippen molar-refractivity contribution in [1.29, 1.82) is 0 Å². The van der Waals surface area contributed by atoms with Gasteiger partial charge in [-0.1, -0.05) is 29.8 Å². The summed E-state index contributed by atoms with van der Waals surface area (Å²) in [5, 5.41) is 6.87. The number of aromatic nitrogens is 2. The average Bonchev–Trinajstić information content (AvgIpc) is 2.90. The lowest BCUT2D eigenvalue weighted by atomic mass is 10.2. The smallest absolute Gasteiger partial charge is 0.245 e. The van der Waals surface area contributed by atoms with Gasteiger partial charge in [0.2, 0.25) is 11.8 Å². The molecule has 1 aliphatic rings. The molecule has 0 radical (unpaired) electrons. The largest absolute Gasteiger partial charge is 0.274 e. The lowest BCUT2D eigenvalue weighted by molar-refractivity contribution is -0.116. The van der Waals surface area contributed by atoms with Crippen molar-refractivity contribution in [1.82, 2.24) is 9.55 Å². The molecule has 22 heavy (non-hydrogen) atoms. The number of aryl methyl sites for hydroxylation is 1. The van der Waals surface area contributed by atoms with E-state index < -0.39 is 0 Å². The molecule has 2 aromatic rings. The number of benzene rings is 1. The zero-order valence-corrected chi connectivity index (χ0v) is 13.2. The molecule has 7 heteroatoms. The molecule has 0 bridgehead atoms. The Hall–Kier alpha value is -2.41. The Morgan fingerprint density at radius 3 is 2.36 bits per heavy atom. The van der Waals surface area contributed by atoms with Gasteiger partial charge in [0.25, 0.3) is 0 Å². The minimum absolute atomic E-state index is 0.157. The number of hydrogen-bond donors (Lipinski definition) is 0. The van der Waals surface area contributed by atoms with E-state index in [-0.39, 0.29) is 11.8 Å². The normalized spacial score (nSPS) is 13.6. The summed E-state index contributed by atoms with van der Waals surface area (Å²) in [5.41, 5.74) is 2.03. The molecule has 0 saturated heterocycles. The fraction of sp³-hybridized carbons (Fsp3) is 0.200. The highest BCUT2D eigenvalue weighted by atomic mass is 32.2. The molecule has 2 heterocycles. The van der Waals surface area contributed by atoms with Crippen LogP contribution in [0.5, 0.6) is 0 Å². The second kappa shape index (κ2) is 5.42. The van der Waals surface area contributed by atoms with Gasteiger partial charge in [-0.25, -0.2) is 4.98 Å². The lowest BCUT2D eigenvalue weighted by Crippen LogP contribution is -2.28. The van der Waals surface area contributed by atoms with Crippen LogP contribution in [0, 0.1) is 6.92 Å². The van der Waals surface area contributed by atoms with E-state index in [1.165, 1.54) is 41.5 Å². The van der Waals surface area contributed by atoms with Gasteiger partial charge in [0.05, 0.1) is 0 Å². The van der Waals surface area contributed by atoms with Crippen molar-refractivity contribution in [3.8, 4) is 0 Å². The number of carbonyl (C=O) groups is 2. The Balaban J connectivity index is 2.10. The summed E-state index contributed by atoms with van der Waals surface area (Å²) in [6.45, 7) is 4.88. The molecule has 0 fully saturated rings. The number of amides is 1. The molecule has 1 aromatic heterocycles. The van der Waals surface area contributed by atoms with E-state index in [1.807, 2.05) is 31.2 Å². The van der Waals surface area contributed by atoms with Gasteiger partial charge >= 0.3 is 0 Å². The molecule has 0 atom stereocenters. The number of thioether (sulfide) groups is 1. The van der Waals surface area contributed by atoms with Crippen molar-refractivity contribution in [2.75, 3.05) is 5.01 Å². The number of carbonyl (C=O) groups excluding carboxylic acids is 2. The van der Waals surface area contributed by atoms with Gasteiger partial charge in [0, 0.05) is 19.4 Å². The summed E-state index contributed by atoms with van der Waals surface area (Å²) in [6.07, 6.45) is 1.42. The van der Waals surface area contributed by atoms with Crippen LogP contribution in [0.3, 0.4) is 0 Å². The van der Waals surface area contributed by atoms with Gasteiger partial charge in [-0.15, -0.1) is 0 Å². The minimum Gasteiger partial charge on any atom is -0.274 e. The Morgan fingerprint density at radius 1 is 1.09 bits per heavy atom. The molecule has 0 N–H and O–H groups in total. The van der Waals surface area contributed by atoms with Crippen molar-refractivity contribution in [2.45, 2.75) is 25.8 Å². The van der Waals surface area contributed by atoms with Gasteiger partial charge in [-0.2, -0.15) is 10.1 Å². The molecule has 3 rings (SSSR count). The van der Waals surface area contributed by atoms with Crippen molar-refractivity contribution in [2.24, 2.45) is 5.10 Å².